The average molecular weight is 413 g/mol. The van der Waals surface area contributed by atoms with E-state index in [1.54, 1.807) is 23.9 Å². The van der Waals surface area contributed by atoms with E-state index in [0.29, 0.717) is 17.5 Å². The minimum absolute atomic E-state index is 0.139. The number of hydrogen-bond acceptors (Lipinski definition) is 6. The van der Waals surface area contributed by atoms with Crippen molar-refractivity contribution in [3.63, 3.8) is 0 Å². The Balaban J connectivity index is 1.54. The Kier molecular flexibility index (Phi) is 5.39. The van der Waals surface area contributed by atoms with Crippen LogP contribution in [0.5, 0.6) is 5.75 Å². The van der Waals surface area contributed by atoms with Crippen LogP contribution in [0.2, 0.25) is 0 Å². The van der Waals surface area contributed by atoms with Crippen molar-refractivity contribution in [2.45, 2.75) is 29.9 Å². The average Bonchev–Trinajstić information content (AvgIpc) is 3.12. The van der Waals surface area contributed by atoms with E-state index in [-0.39, 0.29) is 17.8 Å². The van der Waals surface area contributed by atoms with Crippen LogP contribution in [-0.2, 0) is 11.3 Å². The number of benzene rings is 2. The summed E-state index contributed by atoms with van der Waals surface area (Å²) in [6.45, 7) is 2.22. The molecule has 7 nitrogen and oxygen atoms in total. The van der Waals surface area contributed by atoms with Crippen LogP contribution in [0.1, 0.15) is 23.0 Å². The number of aryl methyl sites for hydroxylation is 1. The van der Waals surface area contributed by atoms with Crippen LogP contribution in [0, 0.1) is 12.7 Å². The van der Waals surface area contributed by atoms with E-state index >= 15 is 0 Å². The van der Waals surface area contributed by atoms with Gasteiger partial charge in [0.15, 0.2) is 0 Å². The molecule has 29 heavy (non-hydrogen) atoms. The lowest BCUT2D eigenvalue weighted by Gasteiger charge is -2.32. The van der Waals surface area contributed by atoms with Crippen molar-refractivity contribution in [2.24, 2.45) is 0 Å². The van der Waals surface area contributed by atoms with Crippen LogP contribution in [0.3, 0.4) is 0 Å². The summed E-state index contributed by atoms with van der Waals surface area (Å²) in [4.78, 5) is 13.0. The molecule has 2 N–H and O–H groups in total. The first-order chi connectivity index (χ1) is 14.0. The number of nitrogens with zero attached hydrogens (tertiary/aromatic N) is 3. The smallest absolute Gasteiger partial charge is 0.236 e. The van der Waals surface area contributed by atoms with Crippen LogP contribution in [0.4, 0.5) is 4.39 Å². The second-order valence-corrected chi connectivity index (χ2v) is 7.74. The number of nitrogens with one attached hydrogen (secondary N) is 2. The minimum atomic E-state index is -0.491. The number of methoxy groups -OCH3 is 1. The third-order valence-corrected chi connectivity index (χ3v) is 5.93. The zero-order valence-corrected chi connectivity index (χ0v) is 16.7. The monoisotopic (exact) mass is 413 g/mol. The normalized spacial score (nSPS) is 17.9. The second kappa shape index (κ2) is 8.12. The molecular weight excluding hydrogens is 393 g/mol. The van der Waals surface area contributed by atoms with Gasteiger partial charge in [0.1, 0.15) is 22.6 Å². The van der Waals surface area contributed by atoms with Crippen molar-refractivity contribution in [3.05, 3.63) is 71.3 Å². The molecule has 1 aliphatic rings. The summed E-state index contributed by atoms with van der Waals surface area (Å²) in [7, 11) is 1.61. The van der Waals surface area contributed by atoms with Gasteiger partial charge >= 0.3 is 0 Å². The van der Waals surface area contributed by atoms with Crippen LogP contribution in [0.25, 0.3) is 0 Å². The molecule has 0 bridgehead atoms. The van der Waals surface area contributed by atoms with E-state index < -0.39 is 5.25 Å². The third kappa shape index (κ3) is 4.04. The number of rotatable bonds is 5. The maximum absolute atomic E-state index is 13.4. The van der Waals surface area contributed by atoms with Gasteiger partial charge in [0, 0.05) is 6.54 Å². The lowest BCUT2D eigenvalue weighted by atomic mass is 10.0. The van der Waals surface area contributed by atoms with Crippen molar-refractivity contribution in [3.8, 4) is 5.75 Å². The molecule has 2 atom stereocenters. The van der Waals surface area contributed by atoms with Gasteiger partial charge in [-0.2, -0.15) is 0 Å². The molecule has 0 saturated carbocycles. The molecular formula is C20H20FN5O2S. The van der Waals surface area contributed by atoms with Gasteiger partial charge in [-0.3, -0.25) is 4.79 Å². The van der Waals surface area contributed by atoms with Gasteiger partial charge in [-0.1, -0.05) is 36.0 Å². The molecule has 150 valence electrons. The molecule has 3 aromatic rings. The lowest BCUT2D eigenvalue weighted by Crippen LogP contribution is -2.44. The van der Waals surface area contributed by atoms with Gasteiger partial charge in [-0.15, -0.1) is 10.2 Å². The molecule has 0 aliphatic carbocycles. The highest BCUT2D eigenvalue weighted by Gasteiger charge is 2.37. The first-order valence-electron chi connectivity index (χ1n) is 9.06. The topological polar surface area (TPSA) is 81.1 Å². The molecule has 2 heterocycles. The quantitative estimate of drug-likeness (QED) is 0.670. The fourth-order valence-electron chi connectivity index (χ4n) is 3.11. The largest absolute Gasteiger partial charge is 0.497 e. The van der Waals surface area contributed by atoms with Crippen molar-refractivity contribution in [2.75, 3.05) is 12.5 Å². The Labute approximate surface area is 171 Å². The number of amides is 1. The molecule has 0 radical (unpaired) electrons. The molecule has 1 aliphatic heterocycles. The van der Waals surface area contributed by atoms with Crippen molar-refractivity contribution >= 4 is 17.7 Å². The molecule has 2 aromatic carbocycles. The van der Waals surface area contributed by atoms with E-state index in [9.17, 15) is 9.18 Å². The first-order valence-corrected chi connectivity index (χ1v) is 9.94. The number of halogens is 1. The van der Waals surface area contributed by atoms with Gasteiger partial charge in [0.05, 0.1) is 13.2 Å². The highest BCUT2D eigenvalue weighted by atomic mass is 32.2. The molecule has 9 heteroatoms. The molecule has 1 amide bonds. The number of carbonyl (C=O) groups excluding carboxylic acids is 1. The highest BCUT2D eigenvalue weighted by Crippen LogP contribution is 2.37. The van der Waals surface area contributed by atoms with Gasteiger partial charge in [0.2, 0.25) is 11.1 Å². The van der Waals surface area contributed by atoms with Gasteiger partial charge < -0.3 is 15.5 Å². The zero-order chi connectivity index (χ0) is 20.4. The Morgan fingerprint density at radius 1 is 1.21 bits per heavy atom. The van der Waals surface area contributed by atoms with Crippen LogP contribution >= 0.6 is 11.8 Å². The van der Waals surface area contributed by atoms with E-state index in [1.165, 1.54) is 23.9 Å². The summed E-state index contributed by atoms with van der Waals surface area (Å²) in [5, 5.41) is 11.3. The van der Waals surface area contributed by atoms with Crippen LogP contribution in [-0.4, -0.2) is 33.1 Å². The minimum Gasteiger partial charge on any atom is -0.497 e. The maximum Gasteiger partial charge on any atom is 0.236 e. The fraction of sp³-hybridized carbons (Fsp3) is 0.250. The van der Waals surface area contributed by atoms with Gasteiger partial charge in [-0.05, 0) is 42.3 Å². The third-order valence-electron chi connectivity index (χ3n) is 4.71. The number of fused-ring (bicyclic) bond motifs is 1. The summed E-state index contributed by atoms with van der Waals surface area (Å²) < 4.78 is 20.3. The van der Waals surface area contributed by atoms with Gasteiger partial charge in [-0.25, -0.2) is 9.07 Å². The molecule has 1 aromatic heterocycles. The predicted octanol–water partition coefficient (Wildman–Crippen LogP) is 2.81. The number of aromatic nitrogens is 3. The Morgan fingerprint density at radius 3 is 2.62 bits per heavy atom. The van der Waals surface area contributed by atoms with Crippen LogP contribution < -0.4 is 15.5 Å². The van der Waals surface area contributed by atoms with E-state index in [0.717, 1.165) is 16.9 Å². The summed E-state index contributed by atoms with van der Waals surface area (Å²) in [5.74, 6) is 0.994. The second-order valence-electron chi connectivity index (χ2n) is 6.63. The van der Waals surface area contributed by atoms with E-state index in [2.05, 4.69) is 20.9 Å². The molecule has 0 spiro atoms. The lowest BCUT2D eigenvalue weighted by molar-refractivity contribution is -0.121. The highest BCUT2D eigenvalue weighted by molar-refractivity contribution is 8.00. The Hall–Kier alpha value is -3.07. The predicted molar refractivity (Wildman–Crippen MR) is 108 cm³/mol. The number of thioether (sulfide) groups is 1. The zero-order valence-electron chi connectivity index (χ0n) is 15.9. The summed E-state index contributed by atoms with van der Waals surface area (Å²) in [5.41, 5.74) is 5.07. The summed E-state index contributed by atoms with van der Waals surface area (Å²) >= 11 is 1.34. The molecule has 0 unspecified atom stereocenters. The summed E-state index contributed by atoms with van der Waals surface area (Å²) in [6.07, 6.45) is 0. The summed E-state index contributed by atoms with van der Waals surface area (Å²) in [6, 6.07) is 13.3. The van der Waals surface area contributed by atoms with Gasteiger partial charge in [0.25, 0.3) is 0 Å². The first kappa shape index (κ1) is 19.3. The van der Waals surface area contributed by atoms with Crippen LogP contribution in [0.15, 0.2) is 53.7 Å². The SMILES string of the molecule is COc1ccc(CNC(=O)[C@H]2Sc3nnc(C)n3N[C@@H]2c2ccc(F)cc2)cc1. The Bertz CT molecular complexity index is 1010. The van der Waals surface area contributed by atoms with Crippen molar-refractivity contribution < 1.29 is 13.9 Å². The Morgan fingerprint density at radius 2 is 1.93 bits per heavy atom. The van der Waals surface area contributed by atoms with E-state index in [4.69, 9.17) is 4.74 Å². The molecule has 0 saturated heterocycles. The molecule has 0 fully saturated rings. The fourth-order valence-corrected chi connectivity index (χ4v) is 4.26. The number of ether oxygens (including phenoxy) is 1. The van der Waals surface area contributed by atoms with Crippen molar-refractivity contribution in [1.29, 1.82) is 0 Å². The van der Waals surface area contributed by atoms with Crippen molar-refractivity contribution in [1.82, 2.24) is 20.2 Å². The number of carbonyl (C=O) groups is 1. The standard InChI is InChI=1S/C20H20FN5O2S/c1-12-23-24-20-26(12)25-17(14-5-7-15(21)8-6-14)18(29-20)19(27)22-11-13-3-9-16(28-2)10-4-13/h3-10,17-18,25H,11H2,1-2H3,(H,22,27)/t17-,18+/m1/s1. The van der Waals surface area contributed by atoms with E-state index in [1.807, 2.05) is 31.2 Å². The number of hydrogen-bond donors (Lipinski definition) is 2. The maximum atomic E-state index is 13.4. The molecule has 4 rings (SSSR count).